The number of esters is 1. The predicted molar refractivity (Wildman–Crippen MR) is 129 cm³/mol. The molecule has 0 aliphatic carbocycles. The summed E-state index contributed by atoms with van der Waals surface area (Å²) in [6, 6.07) is 20.5. The zero-order chi connectivity index (χ0) is 24.3. The fourth-order valence-corrected chi connectivity index (χ4v) is 5.38. The predicted octanol–water partition coefficient (Wildman–Crippen LogP) is 3.91. The van der Waals surface area contributed by atoms with Crippen molar-refractivity contribution in [3.05, 3.63) is 94.5 Å². The van der Waals surface area contributed by atoms with Crippen molar-refractivity contribution in [3.63, 3.8) is 0 Å². The van der Waals surface area contributed by atoms with Gasteiger partial charge in [-0.2, -0.15) is 4.31 Å². The van der Waals surface area contributed by atoms with Crippen LogP contribution in [0.4, 0.5) is 5.69 Å². The fourth-order valence-electron chi connectivity index (χ4n) is 3.74. The Morgan fingerprint density at radius 3 is 2.41 bits per heavy atom. The van der Waals surface area contributed by atoms with Gasteiger partial charge in [0.05, 0.1) is 15.5 Å². The molecule has 34 heavy (non-hydrogen) atoms. The molecule has 1 heterocycles. The third-order valence-corrected chi connectivity index (χ3v) is 7.91. The van der Waals surface area contributed by atoms with E-state index in [4.69, 9.17) is 16.3 Å². The summed E-state index contributed by atoms with van der Waals surface area (Å²) in [5, 5.41) is 0.0387. The van der Waals surface area contributed by atoms with Crippen molar-refractivity contribution < 1.29 is 22.7 Å². The van der Waals surface area contributed by atoms with Gasteiger partial charge in [0.25, 0.3) is 5.91 Å². The topological polar surface area (TPSA) is 84.0 Å². The van der Waals surface area contributed by atoms with Gasteiger partial charge in [-0.1, -0.05) is 54.1 Å². The lowest BCUT2D eigenvalue weighted by Gasteiger charge is -2.28. The fraction of sp³-hybridized carbons (Fsp3) is 0.200. The largest absolute Gasteiger partial charge is 0.452 e. The van der Waals surface area contributed by atoms with E-state index in [2.05, 4.69) is 0 Å². The molecule has 176 valence electrons. The van der Waals surface area contributed by atoms with Crippen LogP contribution in [-0.2, 0) is 32.5 Å². The summed E-state index contributed by atoms with van der Waals surface area (Å²) < 4.78 is 33.1. The first-order chi connectivity index (χ1) is 16.3. The first-order valence-corrected chi connectivity index (χ1v) is 12.4. The van der Waals surface area contributed by atoms with Crippen molar-refractivity contribution in [1.82, 2.24) is 4.31 Å². The Bertz CT molecular complexity index is 1330. The van der Waals surface area contributed by atoms with E-state index >= 15 is 0 Å². The molecule has 0 atom stereocenters. The first kappa shape index (κ1) is 23.9. The number of ether oxygens (including phenoxy) is 1. The third kappa shape index (κ3) is 4.99. The molecule has 3 aromatic rings. The SMILES string of the molecule is CN(C(=O)COC(=O)c1cc(S(=O)(=O)N2CCc3ccccc3C2)ccc1Cl)c1ccccc1. The number of fused-ring (bicyclic) bond motifs is 1. The Morgan fingerprint density at radius 2 is 1.68 bits per heavy atom. The lowest BCUT2D eigenvalue weighted by Crippen LogP contribution is -2.36. The van der Waals surface area contributed by atoms with Gasteiger partial charge in [0.1, 0.15) is 0 Å². The van der Waals surface area contributed by atoms with Gasteiger partial charge in [0.15, 0.2) is 6.61 Å². The average molecular weight is 499 g/mol. The molecular formula is C25H23ClN2O5S. The van der Waals surface area contributed by atoms with Crippen LogP contribution in [0.2, 0.25) is 5.02 Å². The summed E-state index contributed by atoms with van der Waals surface area (Å²) in [6.07, 6.45) is 0.606. The van der Waals surface area contributed by atoms with Gasteiger partial charge in [-0.3, -0.25) is 4.79 Å². The van der Waals surface area contributed by atoms with Gasteiger partial charge in [0, 0.05) is 25.8 Å². The zero-order valence-electron chi connectivity index (χ0n) is 18.5. The van der Waals surface area contributed by atoms with Crippen LogP contribution in [0.5, 0.6) is 0 Å². The quantitative estimate of drug-likeness (QED) is 0.481. The standard InChI is InChI=1S/C25H23ClN2O5S/c1-27(20-9-3-2-4-10-20)24(29)17-33-25(30)22-15-21(11-12-23(22)26)34(31,32)28-14-13-18-7-5-6-8-19(18)16-28/h2-12,15H,13-14,16-17H2,1H3. The Morgan fingerprint density at radius 1 is 1.00 bits per heavy atom. The normalized spacial score (nSPS) is 13.7. The molecule has 7 nitrogen and oxygen atoms in total. The van der Waals surface area contributed by atoms with E-state index in [9.17, 15) is 18.0 Å². The van der Waals surface area contributed by atoms with Crippen LogP contribution in [0, 0.1) is 0 Å². The van der Waals surface area contributed by atoms with E-state index in [1.807, 2.05) is 30.3 Å². The number of nitrogens with zero attached hydrogens (tertiary/aromatic N) is 2. The molecule has 0 unspecified atom stereocenters. The molecule has 1 aliphatic rings. The molecule has 0 radical (unpaired) electrons. The number of sulfonamides is 1. The highest BCUT2D eigenvalue weighted by molar-refractivity contribution is 7.89. The number of hydrogen-bond acceptors (Lipinski definition) is 5. The monoisotopic (exact) mass is 498 g/mol. The van der Waals surface area contributed by atoms with Gasteiger partial charge >= 0.3 is 5.97 Å². The zero-order valence-corrected chi connectivity index (χ0v) is 20.1. The van der Waals surface area contributed by atoms with Crippen molar-refractivity contribution >= 4 is 39.2 Å². The van der Waals surface area contributed by atoms with Gasteiger partial charge in [-0.15, -0.1) is 0 Å². The summed E-state index contributed by atoms with van der Waals surface area (Å²) in [6.45, 7) is 0.0732. The van der Waals surface area contributed by atoms with E-state index in [1.165, 1.54) is 27.4 Å². The molecule has 0 N–H and O–H groups in total. The van der Waals surface area contributed by atoms with E-state index in [0.717, 1.165) is 11.1 Å². The number of amides is 1. The number of likely N-dealkylation sites (N-methyl/N-ethyl adjacent to an activating group) is 1. The number of hydrogen-bond donors (Lipinski definition) is 0. The highest BCUT2D eigenvalue weighted by Crippen LogP contribution is 2.28. The van der Waals surface area contributed by atoms with Crippen molar-refractivity contribution in [2.24, 2.45) is 0 Å². The maximum atomic E-state index is 13.3. The maximum absolute atomic E-state index is 13.3. The summed E-state index contributed by atoms with van der Waals surface area (Å²) in [5.74, 6) is -1.31. The second kappa shape index (κ2) is 9.97. The third-order valence-electron chi connectivity index (χ3n) is 5.74. The van der Waals surface area contributed by atoms with Crippen LogP contribution in [-0.4, -0.2) is 44.8 Å². The Balaban J connectivity index is 1.48. The minimum atomic E-state index is -3.87. The molecule has 0 bridgehead atoms. The summed E-state index contributed by atoms with van der Waals surface area (Å²) in [4.78, 5) is 26.4. The number of benzene rings is 3. The molecule has 1 aliphatic heterocycles. The van der Waals surface area contributed by atoms with Gasteiger partial charge < -0.3 is 9.64 Å². The summed E-state index contributed by atoms with van der Waals surface area (Å²) in [7, 11) is -2.29. The molecule has 9 heteroatoms. The van der Waals surface area contributed by atoms with Crippen molar-refractivity contribution in [1.29, 1.82) is 0 Å². The van der Waals surface area contributed by atoms with Crippen LogP contribution >= 0.6 is 11.6 Å². The Kier molecular flexibility index (Phi) is 7.02. The number of anilines is 1. The lowest BCUT2D eigenvalue weighted by molar-refractivity contribution is -0.121. The van der Waals surface area contributed by atoms with Gasteiger partial charge in [-0.05, 0) is 47.9 Å². The van der Waals surface area contributed by atoms with E-state index in [0.29, 0.717) is 18.7 Å². The molecule has 0 saturated heterocycles. The van der Waals surface area contributed by atoms with Crippen LogP contribution in [0.1, 0.15) is 21.5 Å². The van der Waals surface area contributed by atoms with Crippen LogP contribution in [0.3, 0.4) is 0 Å². The van der Waals surface area contributed by atoms with Crippen molar-refractivity contribution in [2.75, 3.05) is 25.1 Å². The molecular weight excluding hydrogens is 476 g/mol. The van der Waals surface area contributed by atoms with E-state index in [-0.39, 0.29) is 22.0 Å². The second-order valence-electron chi connectivity index (χ2n) is 7.86. The van der Waals surface area contributed by atoms with E-state index < -0.39 is 28.5 Å². The molecule has 4 rings (SSSR count). The van der Waals surface area contributed by atoms with Crippen molar-refractivity contribution in [3.8, 4) is 0 Å². The van der Waals surface area contributed by atoms with Crippen LogP contribution < -0.4 is 4.90 Å². The molecule has 3 aromatic carbocycles. The van der Waals surface area contributed by atoms with Crippen LogP contribution in [0.25, 0.3) is 0 Å². The first-order valence-electron chi connectivity index (χ1n) is 10.6. The molecule has 0 saturated carbocycles. The average Bonchev–Trinajstić information content (AvgIpc) is 2.87. The number of para-hydroxylation sites is 1. The van der Waals surface area contributed by atoms with E-state index in [1.54, 1.807) is 31.3 Å². The molecule has 0 aromatic heterocycles. The van der Waals surface area contributed by atoms with Crippen molar-refractivity contribution in [2.45, 2.75) is 17.9 Å². The summed E-state index contributed by atoms with van der Waals surface area (Å²) >= 11 is 6.16. The molecule has 0 fully saturated rings. The van der Waals surface area contributed by atoms with Gasteiger partial charge in [0.2, 0.25) is 10.0 Å². The smallest absolute Gasteiger partial charge is 0.340 e. The Hall–Kier alpha value is -3.20. The minimum Gasteiger partial charge on any atom is -0.452 e. The Labute approximate surface area is 203 Å². The van der Waals surface area contributed by atoms with Crippen LogP contribution in [0.15, 0.2) is 77.7 Å². The van der Waals surface area contributed by atoms with Gasteiger partial charge in [-0.25, -0.2) is 13.2 Å². The molecule has 0 spiro atoms. The number of carbonyl (C=O) groups excluding carboxylic acids is 2. The number of halogens is 1. The minimum absolute atomic E-state index is 0.0387. The maximum Gasteiger partial charge on any atom is 0.340 e. The molecule has 1 amide bonds. The number of rotatable bonds is 6. The number of carbonyl (C=O) groups is 2. The highest BCUT2D eigenvalue weighted by Gasteiger charge is 2.29. The lowest BCUT2D eigenvalue weighted by atomic mass is 10.0. The highest BCUT2D eigenvalue weighted by atomic mass is 35.5. The summed E-state index contributed by atoms with van der Waals surface area (Å²) in [5.41, 5.74) is 2.61. The second-order valence-corrected chi connectivity index (χ2v) is 10.2.